The third-order valence-corrected chi connectivity index (χ3v) is 5.20. The van der Waals surface area contributed by atoms with Crippen LogP contribution in [0.1, 0.15) is 19.2 Å². The molecule has 0 bridgehead atoms. The van der Waals surface area contributed by atoms with Gasteiger partial charge in [0.15, 0.2) is 0 Å². The molecule has 3 aromatic rings. The van der Waals surface area contributed by atoms with Gasteiger partial charge in [-0.15, -0.1) is 22.7 Å². The minimum Gasteiger partial charge on any atom is -0.481 e. The van der Waals surface area contributed by atoms with Gasteiger partial charge in [-0.05, 0) is 11.4 Å². The molecule has 0 aliphatic rings. The van der Waals surface area contributed by atoms with E-state index in [-0.39, 0.29) is 18.5 Å². The zero-order valence-electron chi connectivity index (χ0n) is 11.9. The number of aryl methyl sites for hydroxylation is 1. The Morgan fingerprint density at radius 1 is 1.41 bits per heavy atom. The molecule has 0 saturated heterocycles. The van der Waals surface area contributed by atoms with Gasteiger partial charge in [0, 0.05) is 28.8 Å². The molecule has 7 heteroatoms. The van der Waals surface area contributed by atoms with Crippen molar-refractivity contribution in [2.45, 2.75) is 26.3 Å². The molecule has 3 rings (SSSR count). The highest BCUT2D eigenvalue weighted by Gasteiger charge is 2.17. The molecule has 0 atom stereocenters. The first-order valence-electron chi connectivity index (χ1n) is 6.88. The molecule has 0 spiro atoms. The first-order valence-corrected chi connectivity index (χ1v) is 8.64. The van der Waals surface area contributed by atoms with Crippen LogP contribution in [-0.4, -0.2) is 20.6 Å². The van der Waals surface area contributed by atoms with E-state index in [1.807, 2.05) is 29.8 Å². The van der Waals surface area contributed by atoms with E-state index in [0.29, 0.717) is 17.6 Å². The molecule has 3 aromatic heterocycles. The fourth-order valence-electron chi connectivity index (χ4n) is 2.39. The number of fused-ring (bicyclic) bond motifs is 1. The predicted octanol–water partition coefficient (Wildman–Crippen LogP) is 3.22. The molecule has 114 valence electrons. The van der Waals surface area contributed by atoms with Gasteiger partial charge >= 0.3 is 5.97 Å². The van der Waals surface area contributed by atoms with Crippen molar-refractivity contribution in [2.75, 3.05) is 0 Å². The van der Waals surface area contributed by atoms with E-state index in [4.69, 9.17) is 5.11 Å². The SMILES string of the molecule is CCc1nc2scc(-c3cccs3)c2c(=O)n1CCC(=O)O. The quantitative estimate of drug-likeness (QED) is 0.777. The zero-order valence-corrected chi connectivity index (χ0v) is 13.5. The third kappa shape index (κ3) is 2.57. The predicted molar refractivity (Wildman–Crippen MR) is 88.8 cm³/mol. The second kappa shape index (κ2) is 6.02. The number of rotatable bonds is 5. The number of hydrogen-bond donors (Lipinski definition) is 1. The Labute approximate surface area is 134 Å². The van der Waals surface area contributed by atoms with E-state index in [0.717, 1.165) is 15.3 Å². The van der Waals surface area contributed by atoms with Gasteiger partial charge in [-0.1, -0.05) is 13.0 Å². The Hall–Kier alpha value is -1.99. The molecule has 0 amide bonds. The van der Waals surface area contributed by atoms with Crippen molar-refractivity contribution >= 4 is 38.9 Å². The smallest absolute Gasteiger partial charge is 0.305 e. The van der Waals surface area contributed by atoms with Gasteiger partial charge in [-0.2, -0.15) is 0 Å². The van der Waals surface area contributed by atoms with Gasteiger partial charge in [0.1, 0.15) is 10.7 Å². The Morgan fingerprint density at radius 2 is 2.23 bits per heavy atom. The van der Waals surface area contributed by atoms with Crippen LogP contribution in [0, 0.1) is 0 Å². The summed E-state index contributed by atoms with van der Waals surface area (Å²) in [7, 11) is 0. The first kappa shape index (κ1) is 14.9. The lowest BCUT2D eigenvalue weighted by Gasteiger charge is -2.10. The molecule has 0 fully saturated rings. The van der Waals surface area contributed by atoms with Crippen LogP contribution < -0.4 is 5.56 Å². The number of nitrogens with zero attached hydrogens (tertiary/aromatic N) is 2. The molecule has 0 radical (unpaired) electrons. The molecule has 1 N–H and O–H groups in total. The lowest BCUT2D eigenvalue weighted by Crippen LogP contribution is -2.26. The average Bonchev–Trinajstić information content (AvgIpc) is 3.14. The zero-order chi connectivity index (χ0) is 15.7. The summed E-state index contributed by atoms with van der Waals surface area (Å²) in [6.45, 7) is 2.07. The fourth-order valence-corrected chi connectivity index (χ4v) is 4.16. The highest BCUT2D eigenvalue weighted by molar-refractivity contribution is 7.18. The summed E-state index contributed by atoms with van der Waals surface area (Å²) in [6, 6.07) is 3.92. The van der Waals surface area contributed by atoms with Gasteiger partial charge in [0.05, 0.1) is 11.8 Å². The van der Waals surface area contributed by atoms with E-state index in [1.54, 1.807) is 11.3 Å². The van der Waals surface area contributed by atoms with Crippen molar-refractivity contribution in [3.05, 3.63) is 39.1 Å². The van der Waals surface area contributed by atoms with Crippen LogP contribution in [0.25, 0.3) is 20.7 Å². The van der Waals surface area contributed by atoms with Crippen molar-refractivity contribution in [1.29, 1.82) is 0 Å². The van der Waals surface area contributed by atoms with E-state index in [2.05, 4.69) is 4.98 Å². The van der Waals surface area contributed by atoms with Gasteiger partial charge in [0.25, 0.3) is 5.56 Å². The maximum atomic E-state index is 12.8. The maximum absolute atomic E-state index is 12.8. The van der Waals surface area contributed by atoms with Crippen molar-refractivity contribution in [3.63, 3.8) is 0 Å². The third-order valence-electron chi connectivity index (χ3n) is 3.42. The molecular weight excluding hydrogens is 320 g/mol. The van der Waals surface area contributed by atoms with Crippen LogP contribution in [0.3, 0.4) is 0 Å². The van der Waals surface area contributed by atoms with Crippen LogP contribution >= 0.6 is 22.7 Å². The first-order chi connectivity index (χ1) is 10.6. The number of carbonyl (C=O) groups is 1. The minimum absolute atomic E-state index is 0.0848. The number of carboxylic acids is 1. The van der Waals surface area contributed by atoms with E-state index in [1.165, 1.54) is 15.9 Å². The van der Waals surface area contributed by atoms with E-state index >= 15 is 0 Å². The van der Waals surface area contributed by atoms with Crippen LogP contribution in [0.5, 0.6) is 0 Å². The fraction of sp³-hybridized carbons (Fsp3) is 0.267. The largest absolute Gasteiger partial charge is 0.481 e. The topological polar surface area (TPSA) is 72.2 Å². The molecule has 0 saturated carbocycles. The minimum atomic E-state index is -0.919. The highest BCUT2D eigenvalue weighted by Crippen LogP contribution is 2.33. The van der Waals surface area contributed by atoms with Crippen molar-refractivity contribution < 1.29 is 9.90 Å². The van der Waals surface area contributed by atoms with Crippen molar-refractivity contribution in [2.24, 2.45) is 0 Å². The summed E-state index contributed by atoms with van der Waals surface area (Å²) in [5, 5.41) is 13.4. The number of carboxylic acid groups (broad SMARTS) is 1. The molecule has 3 heterocycles. The van der Waals surface area contributed by atoms with Crippen molar-refractivity contribution in [1.82, 2.24) is 9.55 Å². The second-order valence-corrected chi connectivity index (χ2v) is 6.59. The summed E-state index contributed by atoms with van der Waals surface area (Å²) in [5.74, 6) is -0.281. The van der Waals surface area contributed by atoms with Crippen LogP contribution in [0.4, 0.5) is 0 Å². The molecule has 22 heavy (non-hydrogen) atoms. The van der Waals surface area contributed by atoms with Crippen LogP contribution in [0.15, 0.2) is 27.7 Å². The summed E-state index contributed by atoms with van der Waals surface area (Å²) >= 11 is 3.03. The molecule has 0 aliphatic heterocycles. The normalized spacial score (nSPS) is 11.1. The Morgan fingerprint density at radius 3 is 2.86 bits per heavy atom. The van der Waals surface area contributed by atoms with Gasteiger partial charge in [-0.3, -0.25) is 14.2 Å². The Balaban J connectivity index is 2.21. The standard InChI is InChI=1S/C15H14N2O3S2/c1-2-11-16-14-13(15(20)17(11)6-5-12(18)19)9(8-22-14)10-4-3-7-21-10/h3-4,7-8H,2,5-6H2,1H3,(H,18,19). The van der Waals surface area contributed by atoms with E-state index < -0.39 is 5.97 Å². The van der Waals surface area contributed by atoms with Gasteiger partial charge in [0.2, 0.25) is 0 Å². The molecule has 0 unspecified atom stereocenters. The number of thiophene rings is 2. The monoisotopic (exact) mass is 334 g/mol. The number of hydrogen-bond acceptors (Lipinski definition) is 5. The van der Waals surface area contributed by atoms with Crippen LogP contribution in [0.2, 0.25) is 0 Å². The number of aliphatic carboxylic acids is 1. The average molecular weight is 334 g/mol. The summed E-state index contributed by atoms with van der Waals surface area (Å²) in [5.41, 5.74) is 0.743. The Kier molecular flexibility index (Phi) is 4.08. The lowest BCUT2D eigenvalue weighted by atomic mass is 10.2. The van der Waals surface area contributed by atoms with Gasteiger partial charge < -0.3 is 5.11 Å². The van der Waals surface area contributed by atoms with Crippen LogP contribution in [-0.2, 0) is 17.8 Å². The summed E-state index contributed by atoms with van der Waals surface area (Å²) in [6.07, 6.45) is 0.510. The Bertz CT molecular complexity index is 878. The molecule has 0 aromatic carbocycles. The molecule has 0 aliphatic carbocycles. The summed E-state index contributed by atoms with van der Waals surface area (Å²) < 4.78 is 1.50. The second-order valence-electron chi connectivity index (χ2n) is 4.79. The maximum Gasteiger partial charge on any atom is 0.305 e. The van der Waals surface area contributed by atoms with Crippen molar-refractivity contribution in [3.8, 4) is 10.4 Å². The van der Waals surface area contributed by atoms with Gasteiger partial charge in [-0.25, -0.2) is 4.98 Å². The molecular formula is C15H14N2O3S2. The summed E-state index contributed by atoms with van der Waals surface area (Å²) in [4.78, 5) is 30.0. The van der Waals surface area contributed by atoms with E-state index in [9.17, 15) is 9.59 Å². The highest BCUT2D eigenvalue weighted by atomic mass is 32.1. The lowest BCUT2D eigenvalue weighted by molar-refractivity contribution is -0.137. The molecule has 5 nitrogen and oxygen atoms in total. The number of aromatic nitrogens is 2.